The van der Waals surface area contributed by atoms with E-state index >= 15 is 0 Å². The minimum atomic E-state index is -0.371. The molecule has 1 aromatic heterocycles. The highest BCUT2D eigenvalue weighted by molar-refractivity contribution is 9.10. The van der Waals surface area contributed by atoms with Crippen LogP contribution in [0.25, 0.3) is 0 Å². The Labute approximate surface area is 201 Å². The molecule has 2 aromatic carbocycles. The Morgan fingerprint density at radius 3 is 2.39 bits per heavy atom. The molecule has 3 N–H and O–H groups in total. The predicted octanol–water partition coefficient (Wildman–Crippen LogP) is 5.41. The van der Waals surface area contributed by atoms with E-state index in [-0.39, 0.29) is 11.9 Å². The summed E-state index contributed by atoms with van der Waals surface area (Å²) in [6.07, 6.45) is 6.85. The van der Waals surface area contributed by atoms with Crippen LogP contribution in [-0.4, -0.2) is 30.0 Å². The summed E-state index contributed by atoms with van der Waals surface area (Å²) in [5.41, 5.74) is 3.58. The maximum Gasteiger partial charge on any atom is 0.323 e. The molecule has 7 nitrogen and oxygen atoms in total. The number of carbonyl (C=O) groups excluding carboxylic acids is 2. The second kappa shape index (κ2) is 11.0. The van der Waals surface area contributed by atoms with Crippen molar-refractivity contribution in [1.82, 2.24) is 10.3 Å². The Morgan fingerprint density at radius 2 is 1.67 bits per heavy atom. The van der Waals surface area contributed by atoms with Crippen molar-refractivity contribution in [3.63, 3.8) is 0 Å². The van der Waals surface area contributed by atoms with Gasteiger partial charge in [0.2, 0.25) is 0 Å². The van der Waals surface area contributed by atoms with Crippen molar-refractivity contribution in [3.8, 4) is 0 Å². The fourth-order valence-electron chi connectivity index (χ4n) is 3.81. The number of pyridine rings is 1. The van der Waals surface area contributed by atoms with Crippen LogP contribution in [0, 0.1) is 0 Å². The van der Waals surface area contributed by atoms with Gasteiger partial charge in [-0.1, -0.05) is 22.0 Å². The van der Waals surface area contributed by atoms with Crippen LogP contribution in [-0.2, 0) is 6.54 Å². The number of urea groups is 1. The summed E-state index contributed by atoms with van der Waals surface area (Å²) in [6.45, 7) is 2.22. The van der Waals surface area contributed by atoms with Crippen LogP contribution in [0.2, 0.25) is 0 Å². The molecule has 3 amide bonds. The van der Waals surface area contributed by atoms with E-state index in [0.29, 0.717) is 23.5 Å². The van der Waals surface area contributed by atoms with Gasteiger partial charge in [-0.25, -0.2) is 4.79 Å². The van der Waals surface area contributed by atoms with Crippen molar-refractivity contribution < 1.29 is 9.59 Å². The van der Waals surface area contributed by atoms with Gasteiger partial charge in [0.05, 0.1) is 5.56 Å². The number of halogens is 1. The average molecular weight is 508 g/mol. The van der Waals surface area contributed by atoms with Crippen LogP contribution in [0.4, 0.5) is 21.9 Å². The molecule has 0 unspecified atom stereocenters. The molecular weight excluding hydrogens is 482 g/mol. The third-order valence-electron chi connectivity index (χ3n) is 5.47. The van der Waals surface area contributed by atoms with Crippen LogP contribution in [0.15, 0.2) is 71.5 Å². The second-order valence-corrected chi connectivity index (χ2v) is 8.83. The Morgan fingerprint density at radius 1 is 0.939 bits per heavy atom. The lowest BCUT2D eigenvalue weighted by Crippen LogP contribution is -2.33. The van der Waals surface area contributed by atoms with Crippen LogP contribution < -0.4 is 20.9 Å². The van der Waals surface area contributed by atoms with E-state index in [0.717, 1.165) is 41.7 Å². The Balaban J connectivity index is 1.51. The van der Waals surface area contributed by atoms with E-state index in [4.69, 9.17) is 0 Å². The number of carbonyl (C=O) groups is 2. The topological polar surface area (TPSA) is 86.4 Å². The zero-order chi connectivity index (χ0) is 23.0. The first-order valence-electron chi connectivity index (χ1n) is 11.0. The van der Waals surface area contributed by atoms with Crippen LogP contribution in [0.3, 0.4) is 0 Å². The van der Waals surface area contributed by atoms with Crippen LogP contribution in [0.1, 0.15) is 35.2 Å². The van der Waals surface area contributed by atoms with Gasteiger partial charge in [0.25, 0.3) is 5.91 Å². The molecule has 0 atom stereocenters. The van der Waals surface area contributed by atoms with Gasteiger partial charge < -0.3 is 20.9 Å². The minimum Gasteiger partial charge on any atom is -0.371 e. The van der Waals surface area contributed by atoms with Crippen molar-refractivity contribution in [3.05, 3.63) is 82.6 Å². The molecule has 33 heavy (non-hydrogen) atoms. The third-order valence-corrected chi connectivity index (χ3v) is 6.00. The molecule has 2 heterocycles. The van der Waals surface area contributed by atoms with E-state index in [1.165, 1.54) is 6.42 Å². The van der Waals surface area contributed by atoms with Gasteiger partial charge in [-0.2, -0.15) is 0 Å². The van der Waals surface area contributed by atoms with E-state index in [1.54, 1.807) is 30.6 Å². The fraction of sp³-hybridized carbons (Fsp3) is 0.240. The summed E-state index contributed by atoms with van der Waals surface area (Å²) in [5.74, 6) is -0.184. The van der Waals surface area contributed by atoms with Gasteiger partial charge in [-0.05, 0) is 73.4 Å². The first kappa shape index (κ1) is 22.8. The predicted molar refractivity (Wildman–Crippen MR) is 135 cm³/mol. The van der Waals surface area contributed by atoms with Crippen molar-refractivity contribution in [2.45, 2.75) is 25.8 Å². The minimum absolute atomic E-state index is 0.184. The number of hydrogen-bond donors (Lipinski definition) is 3. The number of amides is 3. The zero-order valence-corrected chi connectivity index (χ0v) is 19.8. The molecule has 0 saturated carbocycles. The van der Waals surface area contributed by atoms with Crippen molar-refractivity contribution in [2.24, 2.45) is 0 Å². The normalized spacial score (nSPS) is 13.3. The molecule has 3 aromatic rings. The molecular formula is C25H26BrN5O2. The largest absolute Gasteiger partial charge is 0.371 e. The lowest BCUT2D eigenvalue weighted by Gasteiger charge is -2.30. The second-order valence-electron chi connectivity index (χ2n) is 7.91. The summed E-state index contributed by atoms with van der Waals surface area (Å²) < 4.78 is 0.934. The molecule has 1 saturated heterocycles. The Bertz CT molecular complexity index is 1100. The Kier molecular flexibility index (Phi) is 7.57. The highest BCUT2D eigenvalue weighted by Gasteiger charge is 2.20. The maximum atomic E-state index is 13.2. The lowest BCUT2D eigenvalue weighted by molar-refractivity contribution is 0.0951. The summed E-state index contributed by atoms with van der Waals surface area (Å²) in [6, 6.07) is 16.2. The number of hydrogen-bond acceptors (Lipinski definition) is 4. The molecule has 0 radical (unpaired) electrons. The van der Waals surface area contributed by atoms with Gasteiger partial charge in [0.15, 0.2) is 0 Å². The van der Waals surface area contributed by atoms with E-state index in [2.05, 4.69) is 41.8 Å². The molecule has 0 bridgehead atoms. The van der Waals surface area contributed by atoms with Gasteiger partial charge in [-0.3, -0.25) is 9.78 Å². The van der Waals surface area contributed by atoms with E-state index < -0.39 is 0 Å². The molecule has 4 rings (SSSR count). The molecule has 0 aliphatic carbocycles. The highest BCUT2D eigenvalue weighted by atomic mass is 79.9. The van der Waals surface area contributed by atoms with E-state index in [1.807, 2.05) is 36.4 Å². The number of rotatable bonds is 6. The quantitative estimate of drug-likeness (QED) is 0.416. The standard InChI is InChI=1S/C25H26BrN5O2/c26-19-6-8-20(9-7-19)29-25(33)30-21-10-11-23(31-13-2-1-3-14-31)22(15-21)24(32)28-17-18-5-4-12-27-16-18/h4-12,15-16H,1-3,13-14,17H2,(H,28,32)(H2,29,30,33). The number of benzene rings is 2. The molecule has 8 heteroatoms. The van der Waals surface area contributed by atoms with Crippen molar-refractivity contribution >= 4 is 44.9 Å². The average Bonchev–Trinajstić information content (AvgIpc) is 2.85. The lowest BCUT2D eigenvalue weighted by atomic mass is 10.1. The Hall–Kier alpha value is -3.39. The molecule has 170 valence electrons. The van der Waals surface area contributed by atoms with Crippen LogP contribution >= 0.6 is 15.9 Å². The highest BCUT2D eigenvalue weighted by Crippen LogP contribution is 2.27. The summed E-state index contributed by atoms with van der Waals surface area (Å²) in [7, 11) is 0. The third kappa shape index (κ3) is 6.32. The van der Waals surface area contributed by atoms with Gasteiger partial charge in [0.1, 0.15) is 0 Å². The number of anilines is 3. The van der Waals surface area contributed by atoms with Crippen molar-refractivity contribution in [1.29, 1.82) is 0 Å². The SMILES string of the molecule is O=C(Nc1ccc(Br)cc1)Nc1ccc(N2CCCCC2)c(C(=O)NCc2cccnc2)c1. The monoisotopic (exact) mass is 507 g/mol. The number of aromatic nitrogens is 1. The van der Waals surface area contributed by atoms with E-state index in [9.17, 15) is 9.59 Å². The summed E-state index contributed by atoms with van der Waals surface area (Å²) in [4.78, 5) is 32.0. The summed E-state index contributed by atoms with van der Waals surface area (Å²) >= 11 is 3.38. The van der Waals surface area contributed by atoms with Crippen LogP contribution in [0.5, 0.6) is 0 Å². The fourth-order valence-corrected chi connectivity index (χ4v) is 4.08. The number of piperidine rings is 1. The summed E-state index contributed by atoms with van der Waals surface area (Å²) in [5, 5.41) is 8.62. The van der Waals surface area contributed by atoms with Crippen molar-refractivity contribution in [2.75, 3.05) is 28.6 Å². The number of nitrogens with zero attached hydrogens (tertiary/aromatic N) is 2. The zero-order valence-electron chi connectivity index (χ0n) is 18.2. The molecule has 0 spiro atoms. The molecule has 1 aliphatic heterocycles. The van der Waals surface area contributed by atoms with Gasteiger partial charge >= 0.3 is 6.03 Å². The van der Waals surface area contributed by atoms with Gasteiger partial charge in [-0.15, -0.1) is 0 Å². The smallest absolute Gasteiger partial charge is 0.323 e. The first-order chi connectivity index (χ1) is 16.1. The molecule has 1 aliphatic rings. The number of nitrogens with one attached hydrogen (secondary N) is 3. The maximum absolute atomic E-state index is 13.2. The van der Waals surface area contributed by atoms with Gasteiger partial charge in [0, 0.05) is 53.6 Å². The first-order valence-corrected chi connectivity index (χ1v) is 11.8. The molecule has 1 fully saturated rings.